The first-order valence-electron chi connectivity index (χ1n) is 8.51. The molecule has 0 aliphatic heterocycles. The Hall–Kier alpha value is -1.98. The Kier molecular flexibility index (Phi) is 7.96. The lowest BCUT2D eigenvalue weighted by atomic mass is 10.2. The van der Waals surface area contributed by atoms with Gasteiger partial charge in [-0.2, -0.15) is 0 Å². The van der Waals surface area contributed by atoms with E-state index in [0.717, 1.165) is 30.5 Å². The molecule has 1 atom stereocenters. The molecular formula is C17H22F2N4O3S2. The summed E-state index contributed by atoms with van der Waals surface area (Å²) >= 11 is 1.03. The third kappa shape index (κ3) is 6.88. The second-order valence-corrected chi connectivity index (χ2v) is 8.80. The summed E-state index contributed by atoms with van der Waals surface area (Å²) in [6, 6.07) is 5.03. The van der Waals surface area contributed by atoms with Crippen LogP contribution in [0.4, 0.5) is 20.4 Å². The molecule has 0 amide bonds. The van der Waals surface area contributed by atoms with E-state index in [9.17, 15) is 22.3 Å². The molecule has 2 rings (SSSR count). The monoisotopic (exact) mass is 432 g/mol. The predicted molar refractivity (Wildman–Crippen MR) is 106 cm³/mol. The number of hydrogen-bond donors (Lipinski definition) is 3. The lowest BCUT2D eigenvalue weighted by Gasteiger charge is -2.17. The molecule has 0 bridgehead atoms. The molecule has 0 radical (unpaired) electrons. The summed E-state index contributed by atoms with van der Waals surface area (Å²) < 4.78 is 52.5. The number of halogens is 2. The zero-order valence-electron chi connectivity index (χ0n) is 15.4. The normalized spacial score (nSPS) is 12.6. The third-order valence-electron chi connectivity index (χ3n) is 3.59. The lowest BCUT2D eigenvalue weighted by Crippen LogP contribution is -2.24. The number of thioether (sulfide) groups is 1. The summed E-state index contributed by atoms with van der Waals surface area (Å²) in [7, 11) is -3.57. The molecule has 154 valence electrons. The molecule has 0 fully saturated rings. The fourth-order valence-corrected chi connectivity index (χ4v) is 3.69. The van der Waals surface area contributed by atoms with E-state index in [1.54, 1.807) is 0 Å². The molecule has 7 nitrogen and oxygen atoms in total. The summed E-state index contributed by atoms with van der Waals surface area (Å²) in [6.45, 7) is 1.85. The van der Waals surface area contributed by atoms with Crippen LogP contribution in [-0.2, 0) is 15.8 Å². The minimum absolute atomic E-state index is 0.0374. The van der Waals surface area contributed by atoms with Gasteiger partial charge < -0.3 is 10.4 Å². The van der Waals surface area contributed by atoms with Crippen LogP contribution in [-0.4, -0.2) is 42.4 Å². The van der Waals surface area contributed by atoms with Crippen molar-refractivity contribution >= 4 is 33.4 Å². The van der Waals surface area contributed by atoms with Crippen LogP contribution in [0.5, 0.6) is 0 Å². The molecule has 0 saturated carbocycles. The minimum Gasteiger partial charge on any atom is -0.394 e. The fraction of sp³-hybridized carbons (Fsp3) is 0.412. The van der Waals surface area contributed by atoms with Crippen LogP contribution >= 0.6 is 11.8 Å². The largest absolute Gasteiger partial charge is 0.394 e. The minimum atomic E-state index is -3.57. The zero-order chi connectivity index (χ0) is 20.7. The van der Waals surface area contributed by atoms with Gasteiger partial charge in [-0.3, -0.25) is 4.72 Å². The smallest absolute Gasteiger partial charge is 0.230 e. The van der Waals surface area contributed by atoms with Crippen molar-refractivity contribution in [2.75, 3.05) is 22.9 Å². The van der Waals surface area contributed by atoms with E-state index >= 15 is 0 Å². The molecule has 11 heteroatoms. The first kappa shape index (κ1) is 22.3. The van der Waals surface area contributed by atoms with Crippen molar-refractivity contribution in [1.82, 2.24) is 9.97 Å². The maximum atomic E-state index is 13.8. The number of rotatable bonds is 10. The number of hydrogen-bond acceptors (Lipinski definition) is 7. The lowest BCUT2D eigenvalue weighted by molar-refractivity contribution is 0.268. The molecule has 28 heavy (non-hydrogen) atoms. The van der Waals surface area contributed by atoms with Gasteiger partial charge in [0.1, 0.15) is 11.6 Å². The number of nitrogens with zero attached hydrogens (tertiary/aromatic N) is 2. The van der Waals surface area contributed by atoms with Gasteiger partial charge in [0.25, 0.3) is 0 Å². The second-order valence-electron chi connectivity index (χ2n) is 6.11. The SMILES string of the molecule is CCC[C@H](CO)Nc1cc(NS(C)(=O)=O)nc(SCc2cccc(F)c2F)n1. The van der Waals surface area contributed by atoms with Crippen molar-refractivity contribution in [3.8, 4) is 0 Å². The zero-order valence-corrected chi connectivity index (χ0v) is 17.1. The Morgan fingerprint density at radius 2 is 1.96 bits per heavy atom. The van der Waals surface area contributed by atoms with Gasteiger partial charge in [0.05, 0.1) is 18.9 Å². The van der Waals surface area contributed by atoms with Gasteiger partial charge >= 0.3 is 0 Å². The standard InChI is InChI=1S/C17H22F2N4O3S2/c1-3-5-12(9-24)20-14-8-15(23-28(2,25)26)22-17(21-14)27-10-11-6-4-7-13(18)16(11)19/h4,6-8,12,24H,3,5,9-10H2,1-2H3,(H2,20,21,22,23)/t12-/m1/s1. The van der Waals surface area contributed by atoms with Gasteiger partial charge in [0.2, 0.25) is 10.0 Å². The van der Waals surface area contributed by atoms with Crippen LogP contribution in [0.1, 0.15) is 25.3 Å². The number of sulfonamides is 1. The summed E-state index contributed by atoms with van der Waals surface area (Å²) in [6.07, 6.45) is 2.51. The van der Waals surface area contributed by atoms with Crippen LogP contribution in [0.2, 0.25) is 0 Å². The van der Waals surface area contributed by atoms with E-state index in [4.69, 9.17) is 0 Å². The second kappa shape index (κ2) is 9.99. The molecule has 0 spiro atoms. The van der Waals surface area contributed by atoms with Crippen LogP contribution < -0.4 is 10.0 Å². The Morgan fingerprint density at radius 1 is 1.25 bits per heavy atom. The molecule has 3 N–H and O–H groups in total. The molecule has 0 saturated heterocycles. The van der Waals surface area contributed by atoms with Crippen LogP contribution in [0.25, 0.3) is 0 Å². The summed E-state index contributed by atoms with van der Waals surface area (Å²) in [5.41, 5.74) is 0.142. The highest BCUT2D eigenvalue weighted by molar-refractivity contribution is 7.98. The van der Waals surface area contributed by atoms with Crippen LogP contribution in [0, 0.1) is 11.6 Å². The van der Waals surface area contributed by atoms with Crippen LogP contribution in [0.3, 0.4) is 0 Å². The van der Waals surface area contributed by atoms with Crippen molar-refractivity contribution in [1.29, 1.82) is 0 Å². The average Bonchev–Trinajstić information content (AvgIpc) is 2.61. The highest BCUT2D eigenvalue weighted by Gasteiger charge is 2.14. The van der Waals surface area contributed by atoms with Gasteiger partial charge in [-0.05, 0) is 12.5 Å². The van der Waals surface area contributed by atoms with E-state index in [1.807, 2.05) is 6.92 Å². The van der Waals surface area contributed by atoms with Crippen molar-refractivity contribution in [2.45, 2.75) is 36.7 Å². The summed E-state index contributed by atoms with van der Waals surface area (Å²) in [4.78, 5) is 8.39. The summed E-state index contributed by atoms with van der Waals surface area (Å²) in [5.74, 6) is -1.48. The van der Waals surface area contributed by atoms with Gasteiger partial charge in [-0.1, -0.05) is 37.2 Å². The highest BCUT2D eigenvalue weighted by atomic mass is 32.2. The number of aliphatic hydroxyl groups is 1. The van der Waals surface area contributed by atoms with Gasteiger partial charge in [0.15, 0.2) is 16.8 Å². The van der Waals surface area contributed by atoms with E-state index in [0.29, 0.717) is 12.2 Å². The van der Waals surface area contributed by atoms with E-state index in [2.05, 4.69) is 20.0 Å². The van der Waals surface area contributed by atoms with Crippen LogP contribution in [0.15, 0.2) is 29.4 Å². The molecule has 0 aliphatic rings. The fourth-order valence-electron chi connectivity index (χ4n) is 2.37. The Labute approximate surface area is 167 Å². The number of nitrogens with one attached hydrogen (secondary N) is 2. The maximum Gasteiger partial charge on any atom is 0.230 e. The van der Waals surface area contributed by atoms with E-state index in [-0.39, 0.29) is 34.9 Å². The number of anilines is 2. The van der Waals surface area contributed by atoms with E-state index in [1.165, 1.54) is 18.2 Å². The third-order valence-corrected chi connectivity index (χ3v) is 5.07. The molecule has 2 aromatic rings. The highest BCUT2D eigenvalue weighted by Crippen LogP contribution is 2.25. The van der Waals surface area contributed by atoms with Crippen molar-refractivity contribution < 1.29 is 22.3 Å². The first-order valence-corrected chi connectivity index (χ1v) is 11.4. The number of aliphatic hydroxyl groups excluding tert-OH is 1. The predicted octanol–water partition coefficient (Wildman–Crippen LogP) is 2.99. The maximum absolute atomic E-state index is 13.8. The van der Waals surface area contributed by atoms with Crippen molar-refractivity contribution in [3.63, 3.8) is 0 Å². The quantitative estimate of drug-likeness (QED) is 0.392. The molecule has 1 aromatic heterocycles. The van der Waals surface area contributed by atoms with Crippen molar-refractivity contribution in [3.05, 3.63) is 41.5 Å². The number of benzene rings is 1. The molecule has 0 unspecified atom stereocenters. The Bertz CT molecular complexity index is 913. The van der Waals surface area contributed by atoms with Gasteiger partial charge in [0, 0.05) is 17.4 Å². The topological polar surface area (TPSA) is 104 Å². The molecule has 1 heterocycles. The van der Waals surface area contributed by atoms with Gasteiger partial charge in [-0.15, -0.1) is 0 Å². The summed E-state index contributed by atoms with van der Waals surface area (Å²) in [5, 5.41) is 12.7. The molecular weight excluding hydrogens is 410 g/mol. The Balaban J connectivity index is 2.26. The molecule has 1 aromatic carbocycles. The van der Waals surface area contributed by atoms with E-state index < -0.39 is 21.7 Å². The Morgan fingerprint density at radius 3 is 2.61 bits per heavy atom. The average molecular weight is 433 g/mol. The first-order chi connectivity index (χ1) is 13.2. The van der Waals surface area contributed by atoms with Gasteiger partial charge in [-0.25, -0.2) is 27.2 Å². The molecule has 0 aliphatic carbocycles. The van der Waals surface area contributed by atoms with Crippen molar-refractivity contribution in [2.24, 2.45) is 0 Å². The number of aromatic nitrogens is 2.